The molecule has 3 amide bonds. The highest BCUT2D eigenvalue weighted by Crippen LogP contribution is 2.36. The molecular formula is C23H20N4O5S2. The van der Waals surface area contributed by atoms with Crippen LogP contribution < -0.4 is 14.8 Å². The first-order valence-electron chi connectivity index (χ1n) is 10.5. The van der Waals surface area contributed by atoms with Gasteiger partial charge in [-0.15, -0.1) is 0 Å². The molecule has 1 fully saturated rings. The number of benzene rings is 2. The molecule has 0 radical (unpaired) electrons. The van der Waals surface area contributed by atoms with E-state index >= 15 is 0 Å². The molecule has 0 bridgehead atoms. The molecule has 5 rings (SSSR count). The van der Waals surface area contributed by atoms with E-state index in [1.54, 1.807) is 24.3 Å². The average molecular weight is 497 g/mol. The Morgan fingerprint density at radius 2 is 2.09 bits per heavy atom. The maximum absolute atomic E-state index is 12.7. The Labute approximate surface area is 203 Å². The third-order valence-electron chi connectivity index (χ3n) is 5.18. The van der Waals surface area contributed by atoms with Gasteiger partial charge in [0.1, 0.15) is 0 Å². The maximum atomic E-state index is 12.7. The van der Waals surface area contributed by atoms with Gasteiger partial charge in [0, 0.05) is 13.1 Å². The fourth-order valence-corrected chi connectivity index (χ4v) is 5.09. The lowest BCUT2D eigenvalue weighted by molar-refractivity contribution is -0.123. The lowest BCUT2D eigenvalue weighted by Gasteiger charge is -2.12. The molecule has 0 aliphatic carbocycles. The highest BCUT2D eigenvalue weighted by atomic mass is 32.2. The van der Waals surface area contributed by atoms with Crippen molar-refractivity contribution in [3.63, 3.8) is 0 Å². The summed E-state index contributed by atoms with van der Waals surface area (Å²) in [7, 11) is 0. The monoisotopic (exact) mass is 496 g/mol. The maximum Gasteiger partial charge on any atom is 0.293 e. The van der Waals surface area contributed by atoms with Crippen LogP contribution in [-0.4, -0.2) is 57.6 Å². The molecule has 34 heavy (non-hydrogen) atoms. The van der Waals surface area contributed by atoms with Crippen LogP contribution >= 0.6 is 23.5 Å². The largest absolute Gasteiger partial charge is 0.454 e. The third-order valence-corrected chi connectivity index (χ3v) is 6.96. The lowest BCUT2D eigenvalue weighted by atomic mass is 10.2. The smallest absolute Gasteiger partial charge is 0.293 e. The van der Waals surface area contributed by atoms with Crippen molar-refractivity contribution < 1.29 is 23.9 Å². The summed E-state index contributed by atoms with van der Waals surface area (Å²) in [5.41, 5.74) is 3.64. The minimum atomic E-state index is -0.381. The second-order valence-corrected chi connectivity index (χ2v) is 9.60. The van der Waals surface area contributed by atoms with E-state index in [0.29, 0.717) is 21.6 Å². The molecule has 1 saturated heterocycles. The van der Waals surface area contributed by atoms with Crippen molar-refractivity contribution in [2.75, 3.05) is 25.6 Å². The van der Waals surface area contributed by atoms with Gasteiger partial charge in [-0.25, -0.2) is 4.98 Å². The Balaban J connectivity index is 1.11. The number of hydrogen-bond acceptors (Lipinski definition) is 8. The third kappa shape index (κ3) is 4.75. The highest BCUT2D eigenvalue weighted by molar-refractivity contribution is 8.18. The molecule has 11 heteroatoms. The van der Waals surface area contributed by atoms with Crippen molar-refractivity contribution in [1.82, 2.24) is 20.2 Å². The van der Waals surface area contributed by atoms with Gasteiger partial charge in [0.25, 0.3) is 11.1 Å². The molecule has 2 aliphatic rings. The van der Waals surface area contributed by atoms with E-state index in [1.165, 1.54) is 11.8 Å². The van der Waals surface area contributed by atoms with Crippen LogP contribution in [0, 0.1) is 6.92 Å². The van der Waals surface area contributed by atoms with Gasteiger partial charge in [-0.1, -0.05) is 23.9 Å². The average Bonchev–Trinajstić information content (AvgIpc) is 3.51. The van der Waals surface area contributed by atoms with Gasteiger partial charge in [-0.05, 0) is 60.2 Å². The Morgan fingerprint density at radius 1 is 1.24 bits per heavy atom. The number of imide groups is 1. The van der Waals surface area contributed by atoms with Crippen LogP contribution in [0.2, 0.25) is 0 Å². The van der Waals surface area contributed by atoms with E-state index in [4.69, 9.17) is 9.47 Å². The Bertz CT molecular complexity index is 1340. The van der Waals surface area contributed by atoms with Crippen LogP contribution in [0.25, 0.3) is 17.1 Å². The zero-order valence-corrected chi connectivity index (χ0v) is 19.8. The minimum Gasteiger partial charge on any atom is -0.454 e. The SMILES string of the molecule is Cc1ccc2nc(SCC(=O)NCCN3C(=O)S/C(=C\c4ccc5c(c4)OCO5)C3=O)[nH]c2c1. The molecule has 174 valence electrons. The van der Waals surface area contributed by atoms with Crippen molar-refractivity contribution in [2.45, 2.75) is 12.1 Å². The summed E-state index contributed by atoms with van der Waals surface area (Å²) >= 11 is 2.17. The molecule has 2 N–H and O–H groups in total. The quantitative estimate of drug-likeness (QED) is 0.377. The number of ether oxygens (including phenoxy) is 2. The van der Waals surface area contributed by atoms with Gasteiger partial charge in [0.15, 0.2) is 16.7 Å². The molecule has 2 aromatic carbocycles. The van der Waals surface area contributed by atoms with Crippen LogP contribution in [0.15, 0.2) is 46.5 Å². The number of thioether (sulfide) groups is 2. The predicted molar refractivity (Wildman–Crippen MR) is 130 cm³/mol. The second-order valence-electron chi connectivity index (χ2n) is 7.65. The van der Waals surface area contributed by atoms with E-state index in [2.05, 4.69) is 15.3 Å². The number of fused-ring (bicyclic) bond motifs is 2. The predicted octanol–water partition coefficient (Wildman–Crippen LogP) is 3.54. The van der Waals surface area contributed by atoms with Gasteiger partial charge >= 0.3 is 0 Å². The zero-order chi connectivity index (χ0) is 23.7. The number of carbonyl (C=O) groups is 3. The second kappa shape index (κ2) is 9.43. The lowest BCUT2D eigenvalue weighted by Crippen LogP contribution is -2.37. The van der Waals surface area contributed by atoms with Crippen molar-refractivity contribution in [3.8, 4) is 11.5 Å². The van der Waals surface area contributed by atoms with Crippen molar-refractivity contribution >= 4 is 57.7 Å². The number of hydrogen-bond donors (Lipinski definition) is 2. The number of aromatic amines is 1. The van der Waals surface area contributed by atoms with Gasteiger partial charge in [0.2, 0.25) is 12.7 Å². The van der Waals surface area contributed by atoms with Gasteiger partial charge in [-0.2, -0.15) is 0 Å². The zero-order valence-electron chi connectivity index (χ0n) is 18.1. The number of nitrogens with zero attached hydrogens (tertiary/aromatic N) is 2. The molecule has 0 atom stereocenters. The first-order valence-corrected chi connectivity index (χ1v) is 12.3. The summed E-state index contributed by atoms with van der Waals surface area (Å²) in [6.07, 6.45) is 1.65. The van der Waals surface area contributed by atoms with Crippen LogP contribution in [-0.2, 0) is 9.59 Å². The van der Waals surface area contributed by atoms with E-state index in [0.717, 1.165) is 38.8 Å². The van der Waals surface area contributed by atoms with Gasteiger partial charge in [0.05, 0.1) is 21.7 Å². The molecule has 3 aromatic rings. The molecule has 3 heterocycles. The van der Waals surface area contributed by atoms with Gasteiger partial charge in [-0.3, -0.25) is 19.3 Å². The number of carbonyl (C=O) groups excluding carboxylic acids is 3. The first-order chi connectivity index (χ1) is 16.5. The van der Waals surface area contributed by atoms with Crippen LogP contribution in [0.5, 0.6) is 11.5 Å². The number of amides is 3. The molecule has 0 spiro atoms. The summed E-state index contributed by atoms with van der Waals surface area (Å²) in [4.78, 5) is 46.3. The summed E-state index contributed by atoms with van der Waals surface area (Å²) < 4.78 is 10.6. The summed E-state index contributed by atoms with van der Waals surface area (Å²) in [5.74, 6) is 0.837. The fourth-order valence-electron chi connectivity index (χ4n) is 3.51. The summed E-state index contributed by atoms with van der Waals surface area (Å²) in [5, 5.41) is 3.05. The van der Waals surface area contributed by atoms with Gasteiger partial charge < -0.3 is 19.8 Å². The number of rotatable bonds is 7. The molecule has 1 aromatic heterocycles. The first kappa shape index (κ1) is 22.4. The number of nitrogens with one attached hydrogen (secondary N) is 2. The summed E-state index contributed by atoms with van der Waals surface area (Å²) in [6, 6.07) is 11.2. The Hall–Kier alpha value is -3.44. The van der Waals surface area contributed by atoms with Crippen LogP contribution in [0.1, 0.15) is 11.1 Å². The number of aromatic nitrogens is 2. The summed E-state index contributed by atoms with van der Waals surface area (Å²) in [6.45, 7) is 2.44. The minimum absolute atomic E-state index is 0.101. The topological polar surface area (TPSA) is 114 Å². The van der Waals surface area contributed by atoms with E-state index in [1.807, 2.05) is 25.1 Å². The van der Waals surface area contributed by atoms with Crippen LogP contribution in [0.3, 0.4) is 0 Å². The molecule has 0 saturated carbocycles. The highest BCUT2D eigenvalue weighted by Gasteiger charge is 2.34. The number of imidazole rings is 1. The Morgan fingerprint density at radius 3 is 2.97 bits per heavy atom. The molecule has 2 aliphatic heterocycles. The van der Waals surface area contributed by atoms with E-state index < -0.39 is 0 Å². The molecule has 9 nitrogen and oxygen atoms in total. The standard InChI is InChI=1S/C23H20N4O5S2/c1-13-2-4-15-16(8-13)26-22(25-15)33-11-20(28)24-6-7-27-21(29)19(34-23(27)30)10-14-3-5-17-18(9-14)32-12-31-17/h2-5,8-10H,6-7,11-12H2,1H3,(H,24,28)(H,25,26)/b19-10-. The molecule has 0 unspecified atom stereocenters. The Kier molecular flexibility index (Phi) is 6.20. The van der Waals surface area contributed by atoms with Crippen molar-refractivity contribution in [3.05, 3.63) is 52.4 Å². The van der Waals surface area contributed by atoms with E-state index in [9.17, 15) is 14.4 Å². The molecular weight excluding hydrogens is 476 g/mol. The van der Waals surface area contributed by atoms with Crippen molar-refractivity contribution in [1.29, 1.82) is 0 Å². The van der Waals surface area contributed by atoms with Crippen LogP contribution in [0.4, 0.5) is 4.79 Å². The van der Waals surface area contributed by atoms with Crippen molar-refractivity contribution in [2.24, 2.45) is 0 Å². The number of aryl methyl sites for hydroxylation is 1. The van der Waals surface area contributed by atoms with E-state index in [-0.39, 0.29) is 42.7 Å². The fraction of sp³-hybridized carbons (Fsp3) is 0.217. The number of H-pyrrole nitrogens is 1. The normalized spacial score (nSPS) is 16.1.